The molecule has 2 aromatic heterocycles. The summed E-state index contributed by atoms with van der Waals surface area (Å²) in [5.74, 6) is 0.0308. The van der Waals surface area contributed by atoms with Gasteiger partial charge in [0, 0.05) is 36.1 Å². The average molecular weight is 292 g/mol. The normalized spacial score (nSPS) is 17.8. The summed E-state index contributed by atoms with van der Waals surface area (Å²) in [4.78, 5) is 13.3. The van der Waals surface area contributed by atoms with E-state index in [0.717, 1.165) is 26.1 Å². The van der Waals surface area contributed by atoms with E-state index in [1.807, 2.05) is 0 Å². The van der Waals surface area contributed by atoms with Crippen molar-refractivity contribution < 1.29 is 14.1 Å². The third-order valence-electron chi connectivity index (χ3n) is 3.74. The Labute approximate surface area is 120 Å². The highest BCUT2D eigenvalue weighted by molar-refractivity contribution is 7.10. The Kier molecular flexibility index (Phi) is 3.84. The monoisotopic (exact) mass is 292 g/mol. The molecule has 106 valence electrons. The summed E-state index contributed by atoms with van der Waals surface area (Å²) in [6.45, 7) is 2.06. The first kappa shape index (κ1) is 13.3. The minimum Gasteiger partial charge on any atom is -0.381 e. The minimum absolute atomic E-state index is 0.0257. The van der Waals surface area contributed by atoms with Gasteiger partial charge in [-0.1, -0.05) is 11.2 Å². The molecule has 2 aromatic rings. The zero-order valence-corrected chi connectivity index (χ0v) is 11.8. The summed E-state index contributed by atoms with van der Waals surface area (Å²) in [6.07, 6.45) is 3.31. The lowest BCUT2D eigenvalue weighted by Gasteiger charge is -2.36. The molecule has 1 N–H and O–H groups in total. The van der Waals surface area contributed by atoms with E-state index in [-0.39, 0.29) is 17.1 Å². The maximum atomic E-state index is 12.0. The fraction of sp³-hybridized carbons (Fsp3) is 0.429. The number of ether oxygens (including phenoxy) is 1. The summed E-state index contributed by atoms with van der Waals surface area (Å²) in [7, 11) is 0. The molecule has 0 radical (unpaired) electrons. The first-order chi connectivity index (χ1) is 9.80. The van der Waals surface area contributed by atoms with Crippen LogP contribution in [-0.4, -0.2) is 30.8 Å². The number of nitrogens with zero attached hydrogens (tertiary/aromatic N) is 1. The van der Waals surface area contributed by atoms with Crippen molar-refractivity contribution in [3.05, 3.63) is 40.4 Å². The zero-order chi connectivity index (χ0) is 13.8. The number of aromatic nitrogens is 1. The third-order valence-corrected chi connectivity index (χ3v) is 4.86. The number of hydrogen-bond acceptors (Lipinski definition) is 5. The SMILES string of the molecule is O=C(NCC1(c2cccs2)CCOCC1)c1ccno1. The molecule has 0 aromatic carbocycles. The second kappa shape index (κ2) is 5.76. The van der Waals surface area contributed by atoms with Gasteiger partial charge in [0.2, 0.25) is 5.76 Å². The van der Waals surface area contributed by atoms with Crippen LogP contribution in [0.5, 0.6) is 0 Å². The maximum absolute atomic E-state index is 12.0. The van der Waals surface area contributed by atoms with Gasteiger partial charge in [0.05, 0.1) is 6.20 Å². The summed E-state index contributed by atoms with van der Waals surface area (Å²) >= 11 is 1.73. The molecular formula is C14H16N2O3S. The molecule has 0 spiro atoms. The molecule has 0 unspecified atom stereocenters. The fourth-order valence-electron chi connectivity index (χ4n) is 2.52. The largest absolute Gasteiger partial charge is 0.381 e. The number of hydrogen-bond donors (Lipinski definition) is 1. The third kappa shape index (κ3) is 2.62. The zero-order valence-electron chi connectivity index (χ0n) is 11.0. The van der Waals surface area contributed by atoms with E-state index in [0.29, 0.717) is 6.54 Å². The Morgan fingerprint density at radius 3 is 2.90 bits per heavy atom. The van der Waals surface area contributed by atoms with Gasteiger partial charge >= 0.3 is 0 Å². The highest BCUT2D eigenvalue weighted by atomic mass is 32.1. The molecule has 20 heavy (non-hydrogen) atoms. The van der Waals surface area contributed by atoms with E-state index in [2.05, 4.69) is 28.0 Å². The van der Waals surface area contributed by atoms with Crippen LogP contribution < -0.4 is 5.32 Å². The molecule has 5 nitrogen and oxygen atoms in total. The van der Waals surface area contributed by atoms with Crippen LogP contribution in [0.2, 0.25) is 0 Å². The van der Waals surface area contributed by atoms with Crippen LogP contribution in [0.3, 0.4) is 0 Å². The van der Waals surface area contributed by atoms with Crippen LogP contribution in [-0.2, 0) is 10.2 Å². The van der Waals surface area contributed by atoms with Crippen LogP contribution in [0.25, 0.3) is 0 Å². The van der Waals surface area contributed by atoms with Crippen LogP contribution in [0.4, 0.5) is 0 Å². The van der Waals surface area contributed by atoms with Crippen molar-refractivity contribution >= 4 is 17.2 Å². The molecule has 3 heterocycles. The number of thiophene rings is 1. The number of rotatable bonds is 4. The molecule has 0 saturated carbocycles. The van der Waals surface area contributed by atoms with E-state index < -0.39 is 0 Å². The summed E-state index contributed by atoms with van der Waals surface area (Å²) < 4.78 is 10.3. The highest BCUT2D eigenvalue weighted by Gasteiger charge is 2.36. The van der Waals surface area contributed by atoms with Crippen molar-refractivity contribution in [1.29, 1.82) is 0 Å². The predicted molar refractivity (Wildman–Crippen MR) is 74.9 cm³/mol. The van der Waals surface area contributed by atoms with E-state index in [1.54, 1.807) is 17.4 Å². The van der Waals surface area contributed by atoms with Gasteiger partial charge in [0.15, 0.2) is 0 Å². The van der Waals surface area contributed by atoms with E-state index in [1.165, 1.54) is 11.1 Å². The number of carbonyl (C=O) groups is 1. The molecule has 0 aliphatic carbocycles. The standard InChI is InChI=1S/C14H16N2O3S/c17-13(11-3-6-16-19-11)15-10-14(4-7-18-8-5-14)12-2-1-9-20-12/h1-3,6,9H,4-5,7-8,10H2,(H,15,17). The smallest absolute Gasteiger partial charge is 0.289 e. The highest BCUT2D eigenvalue weighted by Crippen LogP contribution is 2.36. The molecule has 0 atom stereocenters. The average Bonchev–Trinajstić information content (AvgIpc) is 3.18. The first-order valence-corrected chi connectivity index (χ1v) is 7.49. The van der Waals surface area contributed by atoms with Crippen LogP contribution in [0.15, 0.2) is 34.3 Å². The Morgan fingerprint density at radius 1 is 1.40 bits per heavy atom. The fourth-order valence-corrected chi connectivity index (χ4v) is 3.51. The second-order valence-electron chi connectivity index (χ2n) is 4.93. The van der Waals surface area contributed by atoms with Crippen molar-refractivity contribution in [3.63, 3.8) is 0 Å². The summed E-state index contributed by atoms with van der Waals surface area (Å²) in [5.41, 5.74) is -0.0257. The van der Waals surface area contributed by atoms with Gasteiger partial charge < -0.3 is 14.6 Å². The van der Waals surface area contributed by atoms with Crippen molar-refractivity contribution in [1.82, 2.24) is 10.5 Å². The predicted octanol–water partition coefficient (Wildman–Crippen LogP) is 2.21. The van der Waals surface area contributed by atoms with Crippen LogP contribution in [0.1, 0.15) is 28.3 Å². The van der Waals surface area contributed by atoms with Crippen LogP contribution in [0, 0.1) is 0 Å². The van der Waals surface area contributed by atoms with E-state index in [9.17, 15) is 4.79 Å². The van der Waals surface area contributed by atoms with Crippen molar-refractivity contribution in [2.75, 3.05) is 19.8 Å². The lowest BCUT2D eigenvalue weighted by Crippen LogP contribution is -2.44. The second-order valence-corrected chi connectivity index (χ2v) is 5.88. The molecule has 1 amide bonds. The molecule has 1 fully saturated rings. The minimum atomic E-state index is -0.218. The Balaban J connectivity index is 1.72. The van der Waals surface area contributed by atoms with Crippen molar-refractivity contribution in [3.8, 4) is 0 Å². The van der Waals surface area contributed by atoms with Gasteiger partial charge in [0.1, 0.15) is 0 Å². The van der Waals surface area contributed by atoms with E-state index >= 15 is 0 Å². The van der Waals surface area contributed by atoms with Crippen molar-refractivity contribution in [2.24, 2.45) is 0 Å². The maximum Gasteiger partial charge on any atom is 0.289 e. The number of carbonyl (C=O) groups excluding carboxylic acids is 1. The van der Waals surface area contributed by atoms with Crippen LogP contribution >= 0.6 is 11.3 Å². The van der Waals surface area contributed by atoms with E-state index in [4.69, 9.17) is 9.26 Å². The molecule has 1 aliphatic rings. The van der Waals surface area contributed by atoms with Crippen molar-refractivity contribution in [2.45, 2.75) is 18.3 Å². The van der Waals surface area contributed by atoms with Gasteiger partial charge in [-0.25, -0.2) is 0 Å². The molecule has 1 aliphatic heterocycles. The Bertz CT molecular complexity index is 545. The lowest BCUT2D eigenvalue weighted by molar-refractivity contribution is 0.0495. The van der Waals surface area contributed by atoms with Gasteiger partial charge in [-0.2, -0.15) is 0 Å². The lowest BCUT2D eigenvalue weighted by atomic mass is 9.78. The molecule has 3 rings (SSSR count). The number of amides is 1. The van der Waals surface area contributed by atoms with Gasteiger partial charge in [-0.3, -0.25) is 4.79 Å². The first-order valence-electron chi connectivity index (χ1n) is 6.61. The Hall–Kier alpha value is -1.66. The number of nitrogens with one attached hydrogen (secondary N) is 1. The summed E-state index contributed by atoms with van der Waals surface area (Å²) in [5, 5.41) is 8.59. The molecule has 1 saturated heterocycles. The van der Waals surface area contributed by atoms with Gasteiger partial charge in [-0.15, -0.1) is 11.3 Å². The van der Waals surface area contributed by atoms with Gasteiger partial charge in [-0.05, 0) is 24.3 Å². The quantitative estimate of drug-likeness (QED) is 0.938. The molecule has 0 bridgehead atoms. The topological polar surface area (TPSA) is 64.4 Å². The van der Waals surface area contributed by atoms with Gasteiger partial charge in [0.25, 0.3) is 5.91 Å². The Morgan fingerprint density at radius 2 is 2.25 bits per heavy atom. The summed E-state index contributed by atoms with van der Waals surface area (Å²) in [6, 6.07) is 5.75. The molecular weight excluding hydrogens is 276 g/mol. The molecule has 6 heteroatoms.